The van der Waals surface area contributed by atoms with Crippen molar-refractivity contribution in [3.05, 3.63) is 53.3 Å². The van der Waals surface area contributed by atoms with Gasteiger partial charge in [-0.1, -0.05) is 38.8 Å². The van der Waals surface area contributed by atoms with E-state index in [0.717, 1.165) is 41.7 Å². The fraction of sp³-hybridized carbons (Fsp3) is 0.464. The molecule has 164 valence electrons. The van der Waals surface area contributed by atoms with Crippen LogP contribution in [0.5, 0.6) is 0 Å². The average molecular weight is 425 g/mol. The molecule has 0 radical (unpaired) electrons. The summed E-state index contributed by atoms with van der Waals surface area (Å²) >= 11 is 0. The number of benzene rings is 1. The van der Waals surface area contributed by atoms with Crippen LogP contribution in [-0.2, 0) is 12.1 Å². The van der Waals surface area contributed by atoms with Gasteiger partial charge in [0.05, 0.1) is 5.71 Å². The number of pyridine rings is 1. The first kappa shape index (κ1) is 20.9. The Morgan fingerprint density at radius 2 is 1.75 bits per heavy atom. The van der Waals surface area contributed by atoms with Crippen molar-refractivity contribution in [3.8, 4) is 23.0 Å². The molecule has 1 aromatic heterocycles. The number of amidine groups is 1. The minimum absolute atomic E-state index is 0.0184. The summed E-state index contributed by atoms with van der Waals surface area (Å²) in [6.45, 7) is 11.0. The Bertz CT molecular complexity index is 1180. The molecule has 1 aromatic carbocycles. The summed E-state index contributed by atoms with van der Waals surface area (Å²) in [6, 6.07) is 8.89. The van der Waals surface area contributed by atoms with Crippen LogP contribution < -0.4 is 5.73 Å². The van der Waals surface area contributed by atoms with E-state index in [1.54, 1.807) is 0 Å². The molecule has 2 heterocycles. The molecule has 1 saturated carbocycles. The molecule has 2 spiro atoms. The van der Waals surface area contributed by atoms with Crippen LogP contribution in [0.1, 0.15) is 64.2 Å². The van der Waals surface area contributed by atoms with E-state index in [0.29, 0.717) is 23.6 Å². The first-order valence-electron chi connectivity index (χ1n) is 11.7. The molecule has 5 rings (SSSR count). The predicted octanol–water partition coefficient (Wildman–Crippen LogP) is 5.35. The summed E-state index contributed by atoms with van der Waals surface area (Å²) in [7, 11) is 0. The van der Waals surface area contributed by atoms with E-state index in [9.17, 15) is 0 Å². The third-order valence-corrected chi connectivity index (χ3v) is 8.30. The van der Waals surface area contributed by atoms with Crippen LogP contribution >= 0.6 is 0 Å². The Labute approximate surface area is 191 Å². The maximum Gasteiger partial charge on any atom is 0.184 e. The van der Waals surface area contributed by atoms with Crippen LogP contribution in [0.2, 0.25) is 0 Å². The molecule has 2 aromatic rings. The number of fused-ring (bicyclic) bond motifs is 3. The average Bonchev–Trinajstić information content (AvgIpc) is 3.20. The van der Waals surface area contributed by atoms with Crippen molar-refractivity contribution >= 4 is 11.5 Å². The molecule has 1 fully saturated rings. The lowest BCUT2D eigenvalue weighted by molar-refractivity contribution is 0.00554. The molecule has 32 heavy (non-hydrogen) atoms. The van der Waals surface area contributed by atoms with Crippen LogP contribution in [0.4, 0.5) is 0 Å². The van der Waals surface area contributed by atoms with Crippen molar-refractivity contribution in [2.75, 3.05) is 0 Å². The zero-order chi connectivity index (χ0) is 22.7. The van der Waals surface area contributed by atoms with Gasteiger partial charge in [0.25, 0.3) is 0 Å². The van der Waals surface area contributed by atoms with Crippen LogP contribution in [0.15, 0.2) is 46.6 Å². The van der Waals surface area contributed by atoms with E-state index in [1.165, 1.54) is 11.1 Å². The second-order valence-electron chi connectivity index (χ2n) is 10.3. The molecule has 1 aliphatic heterocycles. The van der Waals surface area contributed by atoms with Gasteiger partial charge in [-0.15, -0.1) is 5.92 Å². The first-order valence-corrected chi connectivity index (χ1v) is 11.7. The topological polar surface area (TPSA) is 63.6 Å². The molecule has 2 aliphatic carbocycles. The van der Waals surface area contributed by atoms with Gasteiger partial charge in [0.15, 0.2) is 5.66 Å². The lowest BCUT2D eigenvalue weighted by atomic mass is 9.57. The minimum Gasteiger partial charge on any atom is -0.382 e. The normalized spacial score (nSPS) is 33.0. The highest BCUT2D eigenvalue weighted by Crippen LogP contribution is 2.64. The number of nitrogens with two attached hydrogens (primary N) is 1. The fourth-order valence-corrected chi connectivity index (χ4v) is 6.43. The summed E-state index contributed by atoms with van der Waals surface area (Å²) < 4.78 is 0. The minimum atomic E-state index is -0.608. The zero-order valence-electron chi connectivity index (χ0n) is 19.7. The number of hydrogen-bond donors (Lipinski definition) is 1. The number of hydrogen-bond acceptors (Lipinski definition) is 4. The summed E-state index contributed by atoms with van der Waals surface area (Å²) in [5.41, 5.74) is 12.3. The lowest BCUT2D eigenvalue weighted by Crippen LogP contribution is -2.47. The van der Waals surface area contributed by atoms with E-state index in [1.807, 2.05) is 26.2 Å². The monoisotopic (exact) mass is 424 g/mol. The Balaban J connectivity index is 1.67. The number of aromatic nitrogens is 1. The van der Waals surface area contributed by atoms with Gasteiger partial charge in [-0.2, -0.15) is 0 Å². The molecule has 2 N–H and O–H groups in total. The Hall–Kier alpha value is -2.93. The SMILES string of the molecule is CC#Cc1cncc(-c2ccc3c(c2)[C@@]2(N=C(C)C(N)=N2)[C@@]2(C3)C[C@@H](C)[C@H](C)[C@@H](C)C2)c1. The van der Waals surface area contributed by atoms with Crippen molar-refractivity contribution in [2.24, 2.45) is 38.9 Å². The van der Waals surface area contributed by atoms with E-state index >= 15 is 0 Å². The highest BCUT2D eigenvalue weighted by Gasteiger charge is 2.62. The largest absolute Gasteiger partial charge is 0.382 e. The highest BCUT2D eigenvalue weighted by molar-refractivity contribution is 6.41. The van der Waals surface area contributed by atoms with Crippen molar-refractivity contribution in [2.45, 2.75) is 59.5 Å². The van der Waals surface area contributed by atoms with Crippen LogP contribution in [0, 0.1) is 35.0 Å². The van der Waals surface area contributed by atoms with Crippen molar-refractivity contribution in [1.82, 2.24) is 4.98 Å². The summed E-state index contributed by atoms with van der Waals surface area (Å²) in [4.78, 5) is 14.8. The molecule has 0 unspecified atom stereocenters. The summed E-state index contributed by atoms with van der Waals surface area (Å²) in [5.74, 6) is 8.64. The smallest absolute Gasteiger partial charge is 0.184 e. The Kier molecular flexibility index (Phi) is 4.78. The van der Waals surface area contributed by atoms with Gasteiger partial charge in [0.2, 0.25) is 0 Å². The second kappa shape index (κ2) is 7.30. The van der Waals surface area contributed by atoms with E-state index in [4.69, 9.17) is 15.7 Å². The molecule has 0 saturated heterocycles. The third kappa shape index (κ3) is 2.94. The maximum absolute atomic E-state index is 6.37. The van der Waals surface area contributed by atoms with Gasteiger partial charge in [0, 0.05) is 34.5 Å². The van der Waals surface area contributed by atoms with Crippen LogP contribution in [0.3, 0.4) is 0 Å². The number of rotatable bonds is 1. The maximum atomic E-state index is 6.37. The van der Waals surface area contributed by atoms with Crippen molar-refractivity contribution in [3.63, 3.8) is 0 Å². The summed E-state index contributed by atoms with van der Waals surface area (Å²) in [6.07, 6.45) is 6.98. The molecule has 0 bridgehead atoms. The van der Waals surface area contributed by atoms with Crippen LogP contribution in [0.25, 0.3) is 11.1 Å². The molecule has 5 atom stereocenters. The Morgan fingerprint density at radius 3 is 2.41 bits per heavy atom. The van der Waals surface area contributed by atoms with Gasteiger partial charge in [-0.05, 0) is 74.1 Å². The van der Waals surface area contributed by atoms with E-state index in [2.05, 4.69) is 61.9 Å². The number of nitrogens with zero attached hydrogens (tertiary/aromatic N) is 3. The van der Waals surface area contributed by atoms with Gasteiger partial charge >= 0.3 is 0 Å². The van der Waals surface area contributed by atoms with E-state index in [-0.39, 0.29) is 5.41 Å². The van der Waals surface area contributed by atoms with Crippen molar-refractivity contribution < 1.29 is 0 Å². The number of aliphatic imine (C=N–C) groups is 2. The standard InChI is InChI=1S/C28H32N4/c1-6-7-21-10-24(16-30-15-21)22-8-9-23-14-27(12-17(2)19(4)18(3)13-27)28(25(23)11-22)31-20(5)26(29)32-28/h8-11,15-19H,12-14H2,1-5H3,(H2,29,32)/t17-,18+,19+,27+,28-/m0/s1. The first-order chi connectivity index (χ1) is 15.3. The fourth-order valence-electron chi connectivity index (χ4n) is 6.43. The lowest BCUT2D eigenvalue weighted by Gasteiger charge is -2.49. The third-order valence-electron chi connectivity index (χ3n) is 8.30. The second-order valence-corrected chi connectivity index (χ2v) is 10.3. The molecule has 3 aliphatic rings. The van der Waals surface area contributed by atoms with Gasteiger partial charge in [-0.3, -0.25) is 9.98 Å². The van der Waals surface area contributed by atoms with Gasteiger partial charge in [-0.25, -0.2) is 4.99 Å². The van der Waals surface area contributed by atoms with Crippen molar-refractivity contribution in [1.29, 1.82) is 0 Å². The Morgan fingerprint density at radius 1 is 1.00 bits per heavy atom. The highest BCUT2D eigenvalue weighted by atomic mass is 15.2. The van der Waals surface area contributed by atoms with E-state index < -0.39 is 5.66 Å². The molecule has 0 amide bonds. The van der Waals surface area contributed by atoms with Gasteiger partial charge in [0.1, 0.15) is 5.84 Å². The molecule has 4 heteroatoms. The van der Waals surface area contributed by atoms with Gasteiger partial charge < -0.3 is 5.73 Å². The molecular weight excluding hydrogens is 392 g/mol. The quantitative estimate of drug-likeness (QED) is 0.627. The molecule has 4 nitrogen and oxygen atoms in total. The summed E-state index contributed by atoms with van der Waals surface area (Å²) in [5, 5.41) is 0. The molecular formula is C28H32N4. The predicted molar refractivity (Wildman–Crippen MR) is 131 cm³/mol. The zero-order valence-corrected chi connectivity index (χ0v) is 19.7. The van der Waals surface area contributed by atoms with Crippen LogP contribution in [-0.4, -0.2) is 16.5 Å².